The van der Waals surface area contributed by atoms with Gasteiger partial charge in [0.05, 0.1) is 24.6 Å². The Morgan fingerprint density at radius 3 is 0.460 bits per heavy atom. The normalized spacial score (nSPS) is 11.8. The molecule has 0 aliphatic rings. The van der Waals surface area contributed by atoms with Crippen molar-refractivity contribution in [3.8, 4) is 0 Å². The van der Waals surface area contributed by atoms with Crippen molar-refractivity contribution in [2.45, 2.75) is 285 Å². The Hall–Kier alpha value is 0.910. The third kappa shape index (κ3) is 40.1. The van der Waals surface area contributed by atoms with Gasteiger partial charge in [0.1, 0.15) is 0 Å². The molecule has 0 atom stereocenters. The molecule has 0 nitrogen and oxygen atoms in total. The average Bonchev–Trinajstić information content (AvgIpc) is 3.11. The van der Waals surface area contributed by atoms with Gasteiger partial charge in [-0.05, 0) is 51.4 Å². The predicted octanol–water partition coefficient (Wildman–Crippen LogP) is 15.7. The van der Waals surface area contributed by atoms with Gasteiger partial charge in [0.25, 0.3) is 0 Å². The SMILES string of the molecule is CCCCCCCCCCCCCCCCCC[P+](CCCCCC)(CCCCCC)CCCCCCCCCCCCCCCCCC.[Br-]. The lowest BCUT2D eigenvalue weighted by Crippen LogP contribution is -3.00. The third-order valence-electron chi connectivity index (χ3n) is 11.9. The summed E-state index contributed by atoms with van der Waals surface area (Å²) in [4.78, 5) is 0. The molecule has 0 rings (SSSR count). The molecule has 50 heavy (non-hydrogen) atoms. The first-order valence-corrected chi connectivity index (χ1v) is 26.6. The molecule has 2 heteroatoms. The number of unbranched alkanes of at least 4 members (excludes halogenated alkanes) is 36. The summed E-state index contributed by atoms with van der Waals surface area (Å²) < 4.78 is 0. The first-order chi connectivity index (χ1) is 24.2. The van der Waals surface area contributed by atoms with Crippen LogP contribution in [0.5, 0.6) is 0 Å². The fourth-order valence-electron chi connectivity index (χ4n) is 8.41. The first-order valence-electron chi connectivity index (χ1n) is 24.1. The molecular weight excluding hydrogens is 687 g/mol. The van der Waals surface area contributed by atoms with Crippen LogP contribution in [0, 0.1) is 0 Å². The van der Waals surface area contributed by atoms with Gasteiger partial charge in [0.2, 0.25) is 0 Å². The summed E-state index contributed by atoms with van der Waals surface area (Å²) in [6, 6.07) is 0. The summed E-state index contributed by atoms with van der Waals surface area (Å²) in [5, 5.41) is 0. The van der Waals surface area contributed by atoms with E-state index in [9.17, 15) is 0 Å². The third-order valence-corrected chi connectivity index (χ3v) is 17.0. The molecule has 0 aromatic rings. The largest absolute Gasteiger partial charge is 1.00 e. The van der Waals surface area contributed by atoms with Crippen LogP contribution in [0.15, 0.2) is 0 Å². The fourth-order valence-corrected chi connectivity index (χ4v) is 13.3. The molecule has 0 unspecified atom stereocenters. The van der Waals surface area contributed by atoms with Crippen LogP contribution in [0.1, 0.15) is 285 Å². The fraction of sp³-hybridized carbons (Fsp3) is 1.00. The minimum atomic E-state index is -0.753. The first kappa shape index (κ1) is 53.0. The van der Waals surface area contributed by atoms with Crippen LogP contribution in [0.4, 0.5) is 0 Å². The standard InChI is InChI=1S/C48H100P.BrH/c1-5-9-13-17-19-21-23-25-27-29-31-33-35-37-39-43-47-49(45-41-15-11-7-3,46-42-16-12-8-4)48-44-40-38-36-34-32-30-28-26-24-22-20-18-14-10-6-2;/h5-48H2,1-4H3;1H/q+1;/p-1. The highest BCUT2D eigenvalue weighted by Crippen LogP contribution is 2.61. The molecule has 0 aliphatic heterocycles. The zero-order valence-corrected chi connectivity index (χ0v) is 38.4. The summed E-state index contributed by atoms with van der Waals surface area (Å²) in [5.74, 6) is 0. The molecule has 0 N–H and O–H groups in total. The van der Waals surface area contributed by atoms with Crippen molar-refractivity contribution in [2.24, 2.45) is 0 Å². The summed E-state index contributed by atoms with van der Waals surface area (Å²) in [5.41, 5.74) is 0. The average molecular weight is 788 g/mol. The van der Waals surface area contributed by atoms with E-state index < -0.39 is 7.26 Å². The van der Waals surface area contributed by atoms with E-state index in [2.05, 4.69) is 27.7 Å². The van der Waals surface area contributed by atoms with Gasteiger partial charge in [-0.15, -0.1) is 0 Å². The molecule has 0 saturated heterocycles. The minimum Gasteiger partial charge on any atom is -1.00 e. The second-order valence-electron chi connectivity index (χ2n) is 17.0. The summed E-state index contributed by atoms with van der Waals surface area (Å²) in [6.07, 6.45) is 66.1. The van der Waals surface area contributed by atoms with Crippen molar-refractivity contribution in [3.63, 3.8) is 0 Å². The highest BCUT2D eigenvalue weighted by Gasteiger charge is 2.34. The monoisotopic (exact) mass is 787 g/mol. The van der Waals surface area contributed by atoms with E-state index in [1.807, 2.05) is 0 Å². The van der Waals surface area contributed by atoms with Crippen LogP contribution in [0.3, 0.4) is 0 Å². The van der Waals surface area contributed by atoms with Gasteiger partial charge in [0.15, 0.2) is 0 Å². The minimum absolute atomic E-state index is 0. The van der Waals surface area contributed by atoms with Crippen LogP contribution in [-0.2, 0) is 0 Å². The molecule has 0 aliphatic carbocycles. The Morgan fingerprint density at radius 1 is 0.180 bits per heavy atom. The van der Waals surface area contributed by atoms with Gasteiger partial charge in [-0.3, -0.25) is 0 Å². The van der Waals surface area contributed by atoms with Crippen LogP contribution in [0.2, 0.25) is 0 Å². The summed E-state index contributed by atoms with van der Waals surface area (Å²) in [7, 11) is -0.753. The highest BCUT2D eigenvalue weighted by molar-refractivity contribution is 7.75. The topological polar surface area (TPSA) is 0 Å². The van der Waals surface area contributed by atoms with E-state index in [1.165, 1.54) is 231 Å². The van der Waals surface area contributed by atoms with E-state index >= 15 is 0 Å². The van der Waals surface area contributed by atoms with Crippen molar-refractivity contribution < 1.29 is 17.0 Å². The lowest BCUT2D eigenvalue weighted by Gasteiger charge is -2.28. The van der Waals surface area contributed by atoms with Gasteiger partial charge < -0.3 is 17.0 Å². The lowest BCUT2D eigenvalue weighted by atomic mass is 10.0. The van der Waals surface area contributed by atoms with Crippen molar-refractivity contribution in [1.82, 2.24) is 0 Å². The molecule has 0 aromatic carbocycles. The van der Waals surface area contributed by atoms with E-state index in [0.29, 0.717) is 0 Å². The smallest absolute Gasteiger partial charge is 0.0594 e. The van der Waals surface area contributed by atoms with Crippen LogP contribution < -0.4 is 17.0 Å². The molecule has 304 valence electrons. The Bertz CT molecular complexity index is 527. The number of hydrogen-bond acceptors (Lipinski definition) is 0. The van der Waals surface area contributed by atoms with Gasteiger partial charge in [-0.1, -0.05) is 233 Å². The maximum Gasteiger partial charge on any atom is 0.0594 e. The van der Waals surface area contributed by atoms with Crippen molar-refractivity contribution in [1.29, 1.82) is 0 Å². The van der Waals surface area contributed by atoms with Crippen LogP contribution >= 0.6 is 7.26 Å². The van der Waals surface area contributed by atoms with Crippen molar-refractivity contribution in [3.05, 3.63) is 0 Å². The zero-order chi connectivity index (χ0) is 35.6. The van der Waals surface area contributed by atoms with Gasteiger partial charge in [-0.25, -0.2) is 0 Å². The van der Waals surface area contributed by atoms with E-state index in [0.717, 1.165) is 0 Å². The number of halogens is 1. The maximum absolute atomic E-state index is 2.39. The Morgan fingerprint density at radius 2 is 0.300 bits per heavy atom. The van der Waals surface area contributed by atoms with Gasteiger partial charge in [-0.2, -0.15) is 0 Å². The van der Waals surface area contributed by atoms with Crippen LogP contribution in [-0.4, -0.2) is 24.6 Å². The highest BCUT2D eigenvalue weighted by atomic mass is 79.9. The Balaban J connectivity index is 0. The quantitative estimate of drug-likeness (QED) is 0.0426. The molecule has 0 fully saturated rings. The summed E-state index contributed by atoms with van der Waals surface area (Å²) >= 11 is 0. The molecule has 0 bridgehead atoms. The molecule has 0 amide bonds. The second-order valence-corrected chi connectivity index (χ2v) is 21.4. The number of hydrogen-bond donors (Lipinski definition) is 0. The molecule has 0 radical (unpaired) electrons. The molecule has 0 aromatic heterocycles. The predicted molar refractivity (Wildman–Crippen MR) is 234 cm³/mol. The second kappa shape index (κ2) is 46.1. The molecule has 0 spiro atoms. The summed E-state index contributed by atoms with van der Waals surface area (Å²) in [6.45, 7) is 9.42. The molecule has 0 heterocycles. The van der Waals surface area contributed by atoms with E-state index in [-0.39, 0.29) is 17.0 Å². The lowest BCUT2D eigenvalue weighted by molar-refractivity contribution is -0.0000110. The Labute approximate surface area is 331 Å². The molecule has 0 saturated carbocycles. The zero-order valence-electron chi connectivity index (χ0n) is 35.9. The number of rotatable bonds is 44. The van der Waals surface area contributed by atoms with E-state index in [4.69, 9.17) is 0 Å². The van der Waals surface area contributed by atoms with E-state index in [1.54, 1.807) is 50.3 Å². The van der Waals surface area contributed by atoms with Crippen molar-refractivity contribution in [2.75, 3.05) is 24.6 Å². The van der Waals surface area contributed by atoms with Crippen LogP contribution in [0.25, 0.3) is 0 Å². The van der Waals surface area contributed by atoms with Gasteiger partial charge >= 0.3 is 0 Å². The Kier molecular flexibility index (Phi) is 48.8. The maximum atomic E-state index is 2.39. The van der Waals surface area contributed by atoms with Gasteiger partial charge in [0, 0.05) is 7.26 Å². The molecular formula is C48H100BrP. The van der Waals surface area contributed by atoms with Crippen molar-refractivity contribution >= 4 is 7.26 Å².